The van der Waals surface area contributed by atoms with E-state index in [0.717, 1.165) is 6.42 Å². The number of ether oxygens (including phenoxy) is 1. The molecule has 2 aliphatic rings. The molecule has 0 spiro atoms. The van der Waals surface area contributed by atoms with Crippen LogP contribution >= 0.6 is 0 Å². The van der Waals surface area contributed by atoms with Crippen LogP contribution in [0.5, 0.6) is 0 Å². The summed E-state index contributed by atoms with van der Waals surface area (Å²) in [7, 11) is -2.21. The van der Waals surface area contributed by atoms with Crippen LogP contribution in [0.25, 0.3) is 0 Å². The lowest BCUT2D eigenvalue weighted by atomic mass is 9.99. The van der Waals surface area contributed by atoms with E-state index in [2.05, 4.69) is 0 Å². The number of rotatable bonds is 3. The van der Waals surface area contributed by atoms with Crippen molar-refractivity contribution in [3.63, 3.8) is 0 Å². The summed E-state index contributed by atoms with van der Waals surface area (Å²) in [6, 6.07) is 0. The largest absolute Gasteiger partial charge is 0.469 e. The predicted molar refractivity (Wildman–Crippen MR) is 73.4 cm³/mol. The average molecular weight is 305 g/mol. The Hall–Kier alpha value is -0.660. The number of sulfonamides is 1. The fraction of sp³-hybridized carbons (Fsp3) is 0.923. The second-order valence-electron chi connectivity index (χ2n) is 5.84. The van der Waals surface area contributed by atoms with Gasteiger partial charge in [-0.1, -0.05) is 13.3 Å². The fourth-order valence-corrected chi connectivity index (χ4v) is 5.53. The van der Waals surface area contributed by atoms with Crippen molar-refractivity contribution in [2.24, 2.45) is 11.8 Å². The highest BCUT2D eigenvalue weighted by Crippen LogP contribution is 2.35. The molecule has 20 heavy (non-hydrogen) atoms. The van der Waals surface area contributed by atoms with Crippen LogP contribution in [0.1, 0.15) is 32.6 Å². The molecule has 2 rings (SSSR count). The zero-order valence-corrected chi connectivity index (χ0v) is 12.8. The molecule has 0 bridgehead atoms. The Morgan fingerprint density at radius 2 is 2.00 bits per heavy atom. The first kappa shape index (κ1) is 15.7. The number of hydrogen-bond donors (Lipinski definition) is 1. The number of carbonyl (C=O) groups excluding carboxylic acids is 1. The quantitative estimate of drug-likeness (QED) is 0.761. The summed E-state index contributed by atoms with van der Waals surface area (Å²) < 4.78 is 31.6. The zero-order chi connectivity index (χ0) is 14.9. The van der Waals surface area contributed by atoms with Crippen molar-refractivity contribution in [2.45, 2.75) is 44.0 Å². The Balaban J connectivity index is 2.15. The maximum atomic E-state index is 12.7. The highest BCUT2D eigenvalue weighted by molar-refractivity contribution is 7.89. The number of aliphatic hydroxyl groups is 1. The Morgan fingerprint density at radius 3 is 2.60 bits per heavy atom. The average Bonchev–Trinajstić information content (AvgIpc) is 2.90. The van der Waals surface area contributed by atoms with Gasteiger partial charge in [-0.05, 0) is 25.2 Å². The van der Waals surface area contributed by atoms with Crippen LogP contribution in [0.15, 0.2) is 0 Å². The highest BCUT2D eigenvalue weighted by atomic mass is 32.2. The van der Waals surface area contributed by atoms with Crippen molar-refractivity contribution in [1.82, 2.24) is 4.31 Å². The standard InChI is InChI=1S/C13H23NO5S/c1-9-8-14(7-6-11(9)15)20(17,18)12-5-3-4-10(12)13(16)19-2/h9-12,15H,3-8H2,1-2H3. The molecule has 1 N–H and O–H groups in total. The Kier molecular flexibility index (Phi) is 4.71. The van der Waals surface area contributed by atoms with Gasteiger partial charge in [0.1, 0.15) is 0 Å². The van der Waals surface area contributed by atoms with E-state index in [4.69, 9.17) is 4.74 Å². The first-order chi connectivity index (χ1) is 9.37. The molecule has 1 aliphatic carbocycles. The van der Waals surface area contributed by atoms with E-state index in [-0.39, 0.29) is 5.92 Å². The highest BCUT2D eigenvalue weighted by Gasteiger charge is 2.46. The topological polar surface area (TPSA) is 83.9 Å². The van der Waals surface area contributed by atoms with Gasteiger partial charge < -0.3 is 9.84 Å². The smallest absolute Gasteiger partial charge is 0.310 e. The summed E-state index contributed by atoms with van der Waals surface area (Å²) in [6.07, 6.45) is 1.82. The number of methoxy groups -OCH3 is 1. The first-order valence-electron chi connectivity index (χ1n) is 7.12. The van der Waals surface area contributed by atoms with Gasteiger partial charge in [0.05, 0.1) is 24.4 Å². The van der Waals surface area contributed by atoms with Gasteiger partial charge in [-0.25, -0.2) is 12.7 Å². The maximum Gasteiger partial charge on any atom is 0.310 e. The summed E-state index contributed by atoms with van der Waals surface area (Å²) in [5, 5.41) is 9.04. The first-order valence-corrected chi connectivity index (χ1v) is 8.63. The van der Waals surface area contributed by atoms with Crippen molar-refractivity contribution in [2.75, 3.05) is 20.2 Å². The summed E-state index contributed by atoms with van der Waals surface area (Å²) in [5.41, 5.74) is 0. The molecular formula is C13H23NO5S. The summed E-state index contributed by atoms with van der Waals surface area (Å²) in [4.78, 5) is 11.7. The molecule has 1 aliphatic heterocycles. The third-order valence-corrected chi connectivity index (χ3v) is 6.90. The molecule has 2 fully saturated rings. The third kappa shape index (κ3) is 2.84. The molecule has 116 valence electrons. The maximum absolute atomic E-state index is 12.7. The Bertz CT molecular complexity index is 463. The number of carbonyl (C=O) groups is 1. The van der Waals surface area contributed by atoms with Crippen molar-refractivity contribution >= 4 is 16.0 Å². The normalized spacial score (nSPS) is 36.0. The van der Waals surface area contributed by atoms with Crippen LogP contribution in [0.2, 0.25) is 0 Å². The minimum atomic E-state index is -3.50. The lowest BCUT2D eigenvalue weighted by molar-refractivity contribution is -0.145. The van der Waals surface area contributed by atoms with Crippen molar-refractivity contribution in [3.05, 3.63) is 0 Å². The van der Waals surface area contributed by atoms with Gasteiger partial charge in [-0.2, -0.15) is 0 Å². The van der Waals surface area contributed by atoms with Gasteiger partial charge in [0, 0.05) is 13.1 Å². The Labute approximate surface area is 120 Å². The van der Waals surface area contributed by atoms with E-state index in [1.807, 2.05) is 6.92 Å². The summed E-state index contributed by atoms with van der Waals surface area (Å²) >= 11 is 0. The molecule has 4 atom stereocenters. The molecule has 0 aromatic carbocycles. The van der Waals surface area contributed by atoms with E-state index in [1.165, 1.54) is 11.4 Å². The molecule has 1 heterocycles. The van der Waals surface area contributed by atoms with E-state index < -0.39 is 33.3 Å². The van der Waals surface area contributed by atoms with Crippen LogP contribution in [-0.2, 0) is 19.6 Å². The SMILES string of the molecule is COC(=O)C1CCCC1S(=O)(=O)N1CCC(O)C(C)C1. The predicted octanol–water partition coefficient (Wildman–Crippen LogP) is 0.361. The van der Waals surface area contributed by atoms with Gasteiger partial charge >= 0.3 is 5.97 Å². The van der Waals surface area contributed by atoms with Crippen molar-refractivity contribution in [1.29, 1.82) is 0 Å². The fourth-order valence-electron chi connectivity index (χ4n) is 3.22. The number of hydrogen-bond acceptors (Lipinski definition) is 5. The van der Waals surface area contributed by atoms with E-state index in [9.17, 15) is 18.3 Å². The van der Waals surface area contributed by atoms with Crippen LogP contribution in [-0.4, -0.2) is 55.4 Å². The lowest BCUT2D eigenvalue weighted by Gasteiger charge is -2.35. The van der Waals surface area contributed by atoms with Gasteiger partial charge in [-0.15, -0.1) is 0 Å². The second kappa shape index (κ2) is 5.99. The van der Waals surface area contributed by atoms with Gasteiger partial charge in [0.25, 0.3) is 0 Å². The monoisotopic (exact) mass is 305 g/mol. The molecule has 0 aromatic rings. The van der Waals surface area contributed by atoms with Gasteiger partial charge in [-0.3, -0.25) is 4.79 Å². The molecule has 0 aromatic heterocycles. The van der Waals surface area contributed by atoms with E-state index >= 15 is 0 Å². The van der Waals surface area contributed by atoms with Gasteiger partial charge in [0.15, 0.2) is 0 Å². The molecule has 6 nitrogen and oxygen atoms in total. The number of nitrogens with zero attached hydrogens (tertiary/aromatic N) is 1. The van der Waals surface area contributed by atoms with Crippen LogP contribution in [0, 0.1) is 11.8 Å². The third-order valence-electron chi connectivity index (χ3n) is 4.52. The number of esters is 1. The van der Waals surface area contributed by atoms with Crippen molar-refractivity contribution in [3.8, 4) is 0 Å². The summed E-state index contributed by atoms with van der Waals surface area (Å²) in [5.74, 6) is -1.05. The molecular weight excluding hydrogens is 282 g/mol. The van der Waals surface area contributed by atoms with Crippen LogP contribution in [0.3, 0.4) is 0 Å². The Morgan fingerprint density at radius 1 is 1.30 bits per heavy atom. The van der Waals surface area contributed by atoms with Crippen LogP contribution in [0.4, 0.5) is 0 Å². The minimum absolute atomic E-state index is 0.0727. The number of piperidine rings is 1. The van der Waals surface area contributed by atoms with Crippen molar-refractivity contribution < 1.29 is 23.1 Å². The number of aliphatic hydroxyl groups excluding tert-OH is 1. The zero-order valence-electron chi connectivity index (χ0n) is 12.0. The summed E-state index contributed by atoms with van der Waals surface area (Å²) in [6.45, 7) is 2.50. The minimum Gasteiger partial charge on any atom is -0.469 e. The van der Waals surface area contributed by atoms with E-state index in [1.54, 1.807) is 0 Å². The van der Waals surface area contributed by atoms with Crippen LogP contribution < -0.4 is 0 Å². The molecule has 7 heteroatoms. The molecule has 1 saturated carbocycles. The molecule has 1 saturated heterocycles. The van der Waals surface area contributed by atoms with Gasteiger partial charge in [0.2, 0.25) is 10.0 Å². The molecule has 0 amide bonds. The second-order valence-corrected chi connectivity index (χ2v) is 7.99. The van der Waals surface area contributed by atoms with E-state index in [0.29, 0.717) is 32.4 Å². The lowest BCUT2D eigenvalue weighted by Crippen LogP contribution is -2.49. The molecule has 4 unspecified atom stereocenters. The molecule has 0 radical (unpaired) electrons.